The van der Waals surface area contributed by atoms with E-state index in [1.165, 1.54) is 12.1 Å². The number of nitriles is 1. The lowest BCUT2D eigenvalue weighted by Crippen LogP contribution is -2.00. The van der Waals surface area contributed by atoms with Crippen molar-refractivity contribution < 1.29 is 4.39 Å². The van der Waals surface area contributed by atoms with Crippen LogP contribution in [0.25, 0.3) is 0 Å². The minimum atomic E-state index is -0.544. The molecule has 2 aromatic rings. The number of aromatic nitrogens is 2. The zero-order valence-corrected chi connectivity index (χ0v) is 11.2. The van der Waals surface area contributed by atoms with Crippen LogP contribution in [0.3, 0.4) is 0 Å². The fraction of sp³-hybridized carbons (Fsp3) is 0.214. The SMILES string of the molecule is N#Cc1cc(Nc2cc(Cl)nc(C3CC3)n2)ccc1F. The normalized spacial score (nSPS) is 13.8. The highest BCUT2D eigenvalue weighted by atomic mass is 35.5. The average Bonchev–Trinajstić information content (AvgIpc) is 3.25. The third kappa shape index (κ3) is 2.70. The topological polar surface area (TPSA) is 61.6 Å². The summed E-state index contributed by atoms with van der Waals surface area (Å²) in [6, 6.07) is 7.62. The van der Waals surface area contributed by atoms with Gasteiger partial charge < -0.3 is 5.32 Å². The van der Waals surface area contributed by atoms with Crippen LogP contribution in [0.1, 0.15) is 30.1 Å². The molecule has 1 N–H and O–H groups in total. The standard InChI is InChI=1S/C14H10ClFN4/c15-12-6-13(20-14(19-12)8-1-2-8)18-10-3-4-11(16)9(5-10)7-17/h3-6,8H,1-2H2,(H,18,19,20). The molecule has 20 heavy (non-hydrogen) atoms. The monoisotopic (exact) mass is 288 g/mol. The molecule has 1 aromatic carbocycles. The van der Waals surface area contributed by atoms with Crippen LogP contribution in [0.15, 0.2) is 24.3 Å². The van der Waals surface area contributed by atoms with Crippen LogP contribution in [0.2, 0.25) is 5.15 Å². The molecule has 0 aliphatic heterocycles. The van der Waals surface area contributed by atoms with E-state index in [4.69, 9.17) is 16.9 Å². The Morgan fingerprint density at radius 1 is 1.30 bits per heavy atom. The summed E-state index contributed by atoms with van der Waals surface area (Å²) < 4.78 is 13.3. The molecular weight excluding hydrogens is 279 g/mol. The third-order valence-electron chi connectivity index (χ3n) is 3.01. The summed E-state index contributed by atoms with van der Waals surface area (Å²) in [5.74, 6) is 1.11. The second-order valence-electron chi connectivity index (χ2n) is 4.64. The highest BCUT2D eigenvalue weighted by molar-refractivity contribution is 6.29. The quantitative estimate of drug-likeness (QED) is 0.874. The molecule has 3 rings (SSSR count). The maximum absolute atomic E-state index is 13.3. The molecule has 0 radical (unpaired) electrons. The smallest absolute Gasteiger partial charge is 0.141 e. The van der Waals surface area contributed by atoms with Gasteiger partial charge in [0.15, 0.2) is 0 Å². The fourth-order valence-electron chi connectivity index (χ4n) is 1.86. The molecule has 100 valence electrons. The lowest BCUT2D eigenvalue weighted by atomic mass is 10.2. The zero-order chi connectivity index (χ0) is 14.1. The molecule has 0 bridgehead atoms. The van der Waals surface area contributed by atoms with E-state index in [9.17, 15) is 4.39 Å². The van der Waals surface area contributed by atoms with Gasteiger partial charge in [-0.2, -0.15) is 5.26 Å². The molecule has 1 fully saturated rings. The number of halogens is 2. The van der Waals surface area contributed by atoms with Gasteiger partial charge in [0.05, 0.1) is 5.56 Å². The number of benzene rings is 1. The molecule has 1 aromatic heterocycles. The van der Waals surface area contributed by atoms with Crippen LogP contribution >= 0.6 is 11.6 Å². The van der Waals surface area contributed by atoms with E-state index in [0.717, 1.165) is 18.7 Å². The van der Waals surface area contributed by atoms with Crippen LogP contribution in [-0.2, 0) is 0 Å². The van der Waals surface area contributed by atoms with Gasteiger partial charge in [-0.15, -0.1) is 0 Å². The molecule has 0 spiro atoms. The van der Waals surface area contributed by atoms with Crippen molar-refractivity contribution in [2.75, 3.05) is 5.32 Å². The molecule has 1 aliphatic rings. The zero-order valence-electron chi connectivity index (χ0n) is 10.4. The summed E-state index contributed by atoms with van der Waals surface area (Å²) in [5.41, 5.74) is 0.567. The Bertz CT molecular complexity index is 707. The fourth-order valence-corrected chi connectivity index (χ4v) is 2.05. The molecule has 1 aliphatic carbocycles. The Hall–Kier alpha value is -2.19. The third-order valence-corrected chi connectivity index (χ3v) is 3.21. The van der Waals surface area contributed by atoms with Crippen molar-refractivity contribution in [1.29, 1.82) is 5.26 Å². The predicted octanol–water partition coefficient (Wildman–Crippen LogP) is 3.76. The van der Waals surface area contributed by atoms with Crippen molar-refractivity contribution in [3.05, 3.63) is 46.6 Å². The van der Waals surface area contributed by atoms with Gasteiger partial charge in [0.2, 0.25) is 0 Å². The lowest BCUT2D eigenvalue weighted by molar-refractivity contribution is 0.624. The van der Waals surface area contributed by atoms with Gasteiger partial charge in [-0.25, -0.2) is 14.4 Å². The molecule has 1 heterocycles. The van der Waals surface area contributed by atoms with Gasteiger partial charge in [-0.05, 0) is 31.0 Å². The number of hydrogen-bond acceptors (Lipinski definition) is 4. The largest absolute Gasteiger partial charge is 0.340 e. The average molecular weight is 289 g/mol. The lowest BCUT2D eigenvalue weighted by Gasteiger charge is -2.08. The van der Waals surface area contributed by atoms with Gasteiger partial charge in [0, 0.05) is 17.7 Å². The van der Waals surface area contributed by atoms with Crippen molar-refractivity contribution in [1.82, 2.24) is 9.97 Å². The van der Waals surface area contributed by atoms with E-state index in [1.54, 1.807) is 18.2 Å². The number of nitrogens with zero attached hydrogens (tertiary/aromatic N) is 3. The molecular formula is C14H10ClFN4. The number of nitrogens with one attached hydrogen (secondary N) is 1. The van der Waals surface area contributed by atoms with E-state index < -0.39 is 5.82 Å². The van der Waals surface area contributed by atoms with Crippen molar-refractivity contribution in [3.8, 4) is 6.07 Å². The first-order valence-electron chi connectivity index (χ1n) is 6.17. The summed E-state index contributed by atoms with van der Waals surface area (Å²) in [7, 11) is 0. The van der Waals surface area contributed by atoms with Crippen LogP contribution in [0.5, 0.6) is 0 Å². The van der Waals surface area contributed by atoms with Crippen LogP contribution < -0.4 is 5.32 Å². The highest BCUT2D eigenvalue weighted by Crippen LogP contribution is 2.39. The minimum Gasteiger partial charge on any atom is -0.340 e. The summed E-state index contributed by atoms with van der Waals surface area (Å²) in [5, 5.41) is 12.2. The van der Waals surface area contributed by atoms with E-state index in [2.05, 4.69) is 15.3 Å². The van der Waals surface area contributed by atoms with Crippen LogP contribution in [0.4, 0.5) is 15.9 Å². The highest BCUT2D eigenvalue weighted by Gasteiger charge is 2.27. The molecule has 4 nitrogen and oxygen atoms in total. The minimum absolute atomic E-state index is 0.0161. The van der Waals surface area contributed by atoms with Crippen molar-refractivity contribution in [2.24, 2.45) is 0 Å². The van der Waals surface area contributed by atoms with Crippen LogP contribution in [-0.4, -0.2) is 9.97 Å². The Morgan fingerprint density at radius 3 is 2.80 bits per heavy atom. The first-order valence-corrected chi connectivity index (χ1v) is 6.54. The summed E-state index contributed by atoms with van der Waals surface area (Å²) in [4.78, 5) is 8.57. The first kappa shape index (κ1) is 12.8. The first-order chi connectivity index (χ1) is 9.65. The maximum Gasteiger partial charge on any atom is 0.141 e. The van der Waals surface area contributed by atoms with E-state index in [-0.39, 0.29) is 5.56 Å². The van der Waals surface area contributed by atoms with Gasteiger partial charge in [0.25, 0.3) is 0 Å². The predicted molar refractivity (Wildman–Crippen MR) is 73.4 cm³/mol. The Labute approximate surface area is 120 Å². The summed E-state index contributed by atoms with van der Waals surface area (Å²) in [6.45, 7) is 0. The van der Waals surface area contributed by atoms with E-state index >= 15 is 0 Å². The summed E-state index contributed by atoms with van der Waals surface area (Å²) >= 11 is 5.97. The van der Waals surface area contributed by atoms with Crippen molar-refractivity contribution in [2.45, 2.75) is 18.8 Å². The maximum atomic E-state index is 13.3. The summed E-state index contributed by atoms with van der Waals surface area (Å²) in [6.07, 6.45) is 2.16. The van der Waals surface area contributed by atoms with E-state index in [0.29, 0.717) is 22.6 Å². The molecule has 6 heteroatoms. The molecule has 0 atom stereocenters. The molecule has 0 saturated heterocycles. The van der Waals surface area contributed by atoms with Gasteiger partial charge in [-0.3, -0.25) is 0 Å². The van der Waals surface area contributed by atoms with Crippen LogP contribution in [0, 0.1) is 17.1 Å². The second kappa shape index (κ2) is 5.06. The number of rotatable bonds is 3. The van der Waals surface area contributed by atoms with Gasteiger partial charge in [0.1, 0.15) is 28.7 Å². The Kier molecular flexibility index (Phi) is 3.25. The number of anilines is 2. The molecule has 0 amide bonds. The van der Waals surface area contributed by atoms with Crippen molar-refractivity contribution >= 4 is 23.1 Å². The van der Waals surface area contributed by atoms with E-state index in [1.807, 2.05) is 0 Å². The van der Waals surface area contributed by atoms with Gasteiger partial charge >= 0.3 is 0 Å². The Balaban J connectivity index is 1.89. The molecule has 0 unspecified atom stereocenters. The van der Waals surface area contributed by atoms with Gasteiger partial charge in [-0.1, -0.05) is 11.6 Å². The molecule has 1 saturated carbocycles. The van der Waals surface area contributed by atoms with Crippen molar-refractivity contribution in [3.63, 3.8) is 0 Å². The number of hydrogen-bond donors (Lipinski definition) is 1. The Morgan fingerprint density at radius 2 is 2.10 bits per heavy atom. The second-order valence-corrected chi connectivity index (χ2v) is 5.03.